The smallest absolute Gasteiger partial charge is 0.272 e. The Morgan fingerprint density at radius 3 is 2.15 bits per heavy atom. The topological polar surface area (TPSA) is 110 Å². The Labute approximate surface area is 306 Å². The molecule has 52 heavy (non-hydrogen) atoms. The average molecular weight is 708 g/mol. The second-order valence-electron chi connectivity index (χ2n) is 12.0. The van der Waals surface area contributed by atoms with Crippen molar-refractivity contribution in [3.05, 3.63) is 173 Å². The van der Waals surface area contributed by atoms with Gasteiger partial charge in [0, 0.05) is 27.9 Å². The number of para-hydroxylation sites is 1. The van der Waals surface area contributed by atoms with Crippen molar-refractivity contribution in [3.8, 4) is 17.1 Å². The summed E-state index contributed by atoms with van der Waals surface area (Å²) >= 11 is 1.41. The lowest BCUT2D eigenvalue weighted by atomic mass is 10.1. The fourth-order valence-electron chi connectivity index (χ4n) is 5.51. The Morgan fingerprint density at radius 2 is 1.44 bits per heavy atom. The van der Waals surface area contributed by atoms with E-state index in [2.05, 4.69) is 16.0 Å². The molecule has 6 aromatic rings. The number of furan rings is 1. The van der Waals surface area contributed by atoms with Crippen LogP contribution in [0.5, 0.6) is 5.75 Å². The molecule has 0 bridgehead atoms. The second-order valence-corrected chi connectivity index (χ2v) is 13.2. The van der Waals surface area contributed by atoms with Crippen LogP contribution >= 0.6 is 11.8 Å². The number of carbonyl (C=O) groups excluding carboxylic acids is 3. The minimum Gasteiger partial charge on any atom is -0.496 e. The molecule has 1 atom stereocenters. The van der Waals surface area contributed by atoms with Gasteiger partial charge in [-0.2, -0.15) is 0 Å². The van der Waals surface area contributed by atoms with Crippen LogP contribution in [0, 0.1) is 13.8 Å². The van der Waals surface area contributed by atoms with Gasteiger partial charge < -0.3 is 25.1 Å². The first-order valence-corrected chi connectivity index (χ1v) is 17.5. The quantitative estimate of drug-likeness (QED) is 0.0864. The first-order chi connectivity index (χ1) is 25.3. The van der Waals surface area contributed by atoms with Gasteiger partial charge in [0.05, 0.1) is 12.7 Å². The Morgan fingerprint density at radius 1 is 0.750 bits per heavy atom. The molecule has 6 rings (SSSR count). The van der Waals surface area contributed by atoms with Crippen molar-refractivity contribution in [3.63, 3.8) is 0 Å². The molecule has 0 aliphatic rings. The standard InChI is InChI=1S/C43H37N3O5S/c1-28-18-24-36(29(2)26-28)45-43(49)40(30-12-6-4-7-13-30)52-34-22-19-32(20-23-34)44-42(48)37(46-41(47)31-14-8-5-9-15-31)27-33-21-25-39(51-33)35-16-10-11-17-38(35)50-3/h4-27,40H,1-3H3,(H,44,48)(H,45,49)(H,46,47). The Bertz CT molecular complexity index is 2210. The zero-order chi connectivity index (χ0) is 36.5. The summed E-state index contributed by atoms with van der Waals surface area (Å²) in [4.78, 5) is 41.4. The minimum atomic E-state index is -0.546. The molecule has 3 amide bonds. The summed E-state index contributed by atoms with van der Waals surface area (Å²) in [5.41, 5.74) is 5.37. The van der Waals surface area contributed by atoms with E-state index in [-0.39, 0.29) is 11.6 Å². The van der Waals surface area contributed by atoms with Crippen molar-refractivity contribution in [2.75, 3.05) is 17.7 Å². The molecule has 8 nitrogen and oxygen atoms in total. The number of rotatable bonds is 12. The van der Waals surface area contributed by atoms with Crippen molar-refractivity contribution in [2.45, 2.75) is 24.0 Å². The third-order valence-electron chi connectivity index (χ3n) is 8.16. The maximum atomic E-state index is 13.7. The van der Waals surface area contributed by atoms with Gasteiger partial charge in [0.25, 0.3) is 11.8 Å². The van der Waals surface area contributed by atoms with Crippen molar-refractivity contribution < 1.29 is 23.5 Å². The number of ether oxygens (including phenoxy) is 1. The van der Waals surface area contributed by atoms with Crippen LogP contribution < -0.4 is 20.7 Å². The molecule has 0 spiro atoms. The summed E-state index contributed by atoms with van der Waals surface area (Å²) in [5, 5.41) is 8.20. The molecule has 9 heteroatoms. The Kier molecular flexibility index (Phi) is 11.3. The van der Waals surface area contributed by atoms with Crippen LogP contribution in [0.25, 0.3) is 17.4 Å². The van der Waals surface area contributed by atoms with Crippen molar-refractivity contribution in [2.24, 2.45) is 0 Å². The molecule has 0 fully saturated rings. The first kappa shape index (κ1) is 35.5. The summed E-state index contributed by atoms with van der Waals surface area (Å²) in [7, 11) is 1.58. The molecule has 260 valence electrons. The molecule has 1 aromatic heterocycles. The number of hydrogen-bond acceptors (Lipinski definition) is 6. The molecule has 5 aromatic carbocycles. The fourth-order valence-corrected chi connectivity index (χ4v) is 6.54. The Balaban J connectivity index is 1.21. The highest BCUT2D eigenvalue weighted by Gasteiger charge is 2.23. The highest BCUT2D eigenvalue weighted by Crippen LogP contribution is 2.37. The van der Waals surface area contributed by atoms with Gasteiger partial charge in [-0.05, 0) is 91.7 Å². The van der Waals surface area contributed by atoms with Crippen LogP contribution in [0.1, 0.15) is 38.1 Å². The number of anilines is 2. The molecule has 3 N–H and O–H groups in total. The fraction of sp³-hybridized carbons (Fsp3) is 0.0930. The second kappa shape index (κ2) is 16.6. The maximum absolute atomic E-state index is 13.7. The van der Waals surface area contributed by atoms with Gasteiger partial charge in [-0.15, -0.1) is 11.8 Å². The third-order valence-corrected chi connectivity index (χ3v) is 9.43. The van der Waals surface area contributed by atoms with Gasteiger partial charge in [0.15, 0.2) is 0 Å². The zero-order valence-corrected chi connectivity index (χ0v) is 29.7. The number of thioether (sulfide) groups is 1. The third kappa shape index (κ3) is 8.88. The molecule has 0 aliphatic heterocycles. The van der Waals surface area contributed by atoms with Crippen LogP contribution in [-0.2, 0) is 9.59 Å². The number of carbonyl (C=O) groups is 3. The lowest BCUT2D eigenvalue weighted by Gasteiger charge is -2.18. The van der Waals surface area contributed by atoms with E-state index in [0.717, 1.165) is 32.8 Å². The number of aryl methyl sites for hydroxylation is 2. The highest BCUT2D eigenvalue weighted by atomic mass is 32.2. The SMILES string of the molecule is COc1ccccc1-c1ccc(C=C(NC(=O)c2ccccc2)C(=O)Nc2ccc(SC(C(=O)Nc3ccc(C)cc3C)c3ccccc3)cc2)o1. The number of methoxy groups -OCH3 is 1. The van der Waals surface area contributed by atoms with E-state index < -0.39 is 17.1 Å². The van der Waals surface area contributed by atoms with Gasteiger partial charge in [-0.25, -0.2) is 0 Å². The highest BCUT2D eigenvalue weighted by molar-refractivity contribution is 8.00. The normalized spacial score (nSPS) is 11.7. The Hall–Kier alpha value is -6.32. The van der Waals surface area contributed by atoms with Crippen molar-refractivity contribution in [1.82, 2.24) is 5.32 Å². The molecular weight excluding hydrogens is 671 g/mol. The molecule has 0 radical (unpaired) electrons. The van der Waals surface area contributed by atoms with Crippen LogP contribution in [0.3, 0.4) is 0 Å². The van der Waals surface area contributed by atoms with Crippen LogP contribution in [-0.4, -0.2) is 24.8 Å². The molecule has 0 aliphatic carbocycles. The zero-order valence-electron chi connectivity index (χ0n) is 28.9. The van der Waals surface area contributed by atoms with E-state index in [9.17, 15) is 14.4 Å². The van der Waals surface area contributed by atoms with Gasteiger partial charge in [0.1, 0.15) is 28.2 Å². The van der Waals surface area contributed by atoms with Crippen molar-refractivity contribution in [1.29, 1.82) is 0 Å². The van der Waals surface area contributed by atoms with Gasteiger partial charge in [-0.1, -0.05) is 78.4 Å². The summed E-state index contributed by atoms with van der Waals surface area (Å²) < 4.78 is 11.5. The molecule has 1 heterocycles. The van der Waals surface area contributed by atoms with Crippen LogP contribution in [0.15, 0.2) is 155 Å². The van der Waals surface area contributed by atoms with E-state index in [1.165, 1.54) is 17.8 Å². The largest absolute Gasteiger partial charge is 0.496 e. The number of hydrogen-bond donors (Lipinski definition) is 3. The van der Waals surface area contributed by atoms with Gasteiger partial charge in [-0.3, -0.25) is 14.4 Å². The van der Waals surface area contributed by atoms with E-state index in [1.807, 2.05) is 105 Å². The summed E-state index contributed by atoms with van der Waals surface area (Å²) in [6.07, 6.45) is 1.48. The maximum Gasteiger partial charge on any atom is 0.272 e. The van der Waals surface area contributed by atoms with Gasteiger partial charge >= 0.3 is 0 Å². The van der Waals surface area contributed by atoms with Crippen LogP contribution in [0.4, 0.5) is 11.4 Å². The average Bonchev–Trinajstić information content (AvgIpc) is 3.64. The number of amides is 3. The minimum absolute atomic E-state index is 0.0135. The van der Waals surface area contributed by atoms with E-state index >= 15 is 0 Å². The predicted octanol–water partition coefficient (Wildman–Crippen LogP) is 9.45. The van der Waals surface area contributed by atoms with Crippen molar-refractivity contribution >= 4 is 46.9 Å². The van der Waals surface area contributed by atoms with Gasteiger partial charge in [0.2, 0.25) is 5.91 Å². The first-order valence-electron chi connectivity index (χ1n) is 16.6. The molecule has 0 saturated carbocycles. The van der Waals surface area contributed by atoms with Crippen LogP contribution in [0.2, 0.25) is 0 Å². The lowest BCUT2D eigenvalue weighted by Crippen LogP contribution is -2.30. The number of benzene rings is 5. The summed E-state index contributed by atoms with van der Waals surface area (Å²) in [5.74, 6) is 0.406. The summed E-state index contributed by atoms with van der Waals surface area (Å²) in [6.45, 7) is 3.99. The molecular formula is C43H37N3O5S. The lowest BCUT2D eigenvalue weighted by molar-refractivity contribution is -0.116. The predicted molar refractivity (Wildman–Crippen MR) is 207 cm³/mol. The van der Waals surface area contributed by atoms with E-state index in [0.29, 0.717) is 28.5 Å². The molecule has 0 saturated heterocycles. The van der Waals surface area contributed by atoms with E-state index in [1.54, 1.807) is 55.6 Å². The monoisotopic (exact) mass is 707 g/mol. The molecule has 1 unspecified atom stereocenters. The summed E-state index contributed by atoms with van der Waals surface area (Å²) in [6, 6.07) is 42.3. The number of nitrogens with one attached hydrogen (secondary N) is 3. The van der Waals surface area contributed by atoms with E-state index in [4.69, 9.17) is 9.15 Å².